The predicted molar refractivity (Wildman–Crippen MR) is 137 cm³/mol. The van der Waals surface area contributed by atoms with Gasteiger partial charge in [0.2, 0.25) is 5.88 Å². The molecule has 0 radical (unpaired) electrons. The van der Waals surface area contributed by atoms with Crippen LogP contribution in [0.4, 0.5) is 0 Å². The molecule has 32 heavy (non-hydrogen) atoms. The lowest BCUT2D eigenvalue weighted by atomic mass is 10.1. The minimum absolute atomic E-state index is 0. The van der Waals surface area contributed by atoms with Crippen LogP contribution in [0.5, 0.6) is 11.6 Å². The Hall–Kier alpha value is -2.11. The second-order valence-electron chi connectivity index (χ2n) is 7.14. The maximum Gasteiger partial charge on any atom is 0.218 e. The van der Waals surface area contributed by atoms with Gasteiger partial charge < -0.3 is 30.0 Å². The molecule has 2 rings (SSSR count). The van der Waals surface area contributed by atoms with E-state index in [-0.39, 0.29) is 30.1 Å². The third-order valence-corrected chi connectivity index (χ3v) is 4.21. The first-order valence-electron chi connectivity index (χ1n) is 10.6. The molecule has 0 aliphatic heterocycles. The quantitative estimate of drug-likeness (QED) is 0.159. The van der Waals surface area contributed by atoms with Gasteiger partial charge in [-0.1, -0.05) is 18.2 Å². The van der Waals surface area contributed by atoms with Crippen molar-refractivity contribution in [2.75, 3.05) is 33.4 Å². The van der Waals surface area contributed by atoms with Crippen LogP contribution in [-0.2, 0) is 11.3 Å². The van der Waals surface area contributed by atoms with Crippen LogP contribution in [0.1, 0.15) is 38.0 Å². The van der Waals surface area contributed by atoms with Crippen molar-refractivity contribution in [3.8, 4) is 11.6 Å². The normalized spacial score (nSPS) is 12.1. The van der Waals surface area contributed by atoms with Crippen LogP contribution in [0.25, 0.3) is 0 Å². The van der Waals surface area contributed by atoms with Gasteiger partial charge in [0, 0.05) is 32.0 Å². The van der Waals surface area contributed by atoms with E-state index in [4.69, 9.17) is 14.2 Å². The zero-order valence-corrected chi connectivity index (χ0v) is 21.5. The Labute approximate surface area is 207 Å². The van der Waals surface area contributed by atoms with E-state index in [1.165, 1.54) is 0 Å². The Kier molecular flexibility index (Phi) is 13.7. The molecular weight excluding hydrogens is 523 g/mol. The smallest absolute Gasteiger partial charge is 0.218 e. The first kappa shape index (κ1) is 27.9. The number of benzene rings is 1. The van der Waals surface area contributed by atoms with Crippen LogP contribution < -0.4 is 20.1 Å². The second-order valence-corrected chi connectivity index (χ2v) is 7.14. The number of ether oxygens (including phenoxy) is 3. The fourth-order valence-electron chi connectivity index (χ4n) is 2.78. The molecule has 1 atom stereocenters. The van der Waals surface area contributed by atoms with E-state index in [0.29, 0.717) is 44.7 Å². The van der Waals surface area contributed by atoms with E-state index >= 15 is 0 Å². The SMILES string of the molecule is CCNC(=NCc1cccnc1OCCOC)NCC(O)c1cccc(OC(C)C)c1.I. The van der Waals surface area contributed by atoms with Gasteiger partial charge in [-0.2, -0.15) is 0 Å². The number of aliphatic hydroxyl groups is 1. The molecule has 1 unspecified atom stereocenters. The number of nitrogens with one attached hydrogen (secondary N) is 2. The number of aliphatic imine (C=N–C) groups is 1. The van der Waals surface area contributed by atoms with Crippen LogP contribution in [0.15, 0.2) is 47.6 Å². The topological polar surface area (TPSA) is 97.2 Å². The lowest BCUT2D eigenvalue weighted by molar-refractivity contribution is 0.143. The zero-order chi connectivity index (χ0) is 22.5. The highest BCUT2D eigenvalue weighted by molar-refractivity contribution is 14.0. The van der Waals surface area contributed by atoms with Crippen LogP contribution >= 0.6 is 24.0 Å². The van der Waals surface area contributed by atoms with E-state index in [2.05, 4.69) is 20.6 Å². The Morgan fingerprint density at radius 1 is 1.16 bits per heavy atom. The van der Waals surface area contributed by atoms with Gasteiger partial charge in [0.25, 0.3) is 0 Å². The summed E-state index contributed by atoms with van der Waals surface area (Å²) in [6.45, 7) is 8.24. The molecular formula is C23H35IN4O4. The highest BCUT2D eigenvalue weighted by Crippen LogP contribution is 2.20. The number of nitrogens with zero attached hydrogens (tertiary/aromatic N) is 2. The number of rotatable bonds is 12. The summed E-state index contributed by atoms with van der Waals surface area (Å²) in [6.07, 6.45) is 1.06. The summed E-state index contributed by atoms with van der Waals surface area (Å²) in [6, 6.07) is 11.3. The Bertz CT molecular complexity index is 820. The Morgan fingerprint density at radius 3 is 2.69 bits per heavy atom. The molecule has 1 heterocycles. The largest absolute Gasteiger partial charge is 0.491 e. The summed E-state index contributed by atoms with van der Waals surface area (Å²) >= 11 is 0. The second kappa shape index (κ2) is 15.7. The summed E-state index contributed by atoms with van der Waals surface area (Å²) in [7, 11) is 1.63. The molecule has 0 amide bonds. The molecule has 2 aromatic rings. The highest BCUT2D eigenvalue weighted by atomic mass is 127. The number of aliphatic hydroxyl groups excluding tert-OH is 1. The number of guanidine groups is 1. The molecule has 0 bridgehead atoms. The Balaban J connectivity index is 0.00000512. The number of methoxy groups -OCH3 is 1. The number of pyridine rings is 1. The van der Waals surface area contributed by atoms with Crippen LogP contribution in [-0.4, -0.2) is 55.6 Å². The summed E-state index contributed by atoms with van der Waals surface area (Å²) in [5.41, 5.74) is 1.65. The summed E-state index contributed by atoms with van der Waals surface area (Å²) in [5, 5.41) is 17.0. The molecule has 3 N–H and O–H groups in total. The van der Waals surface area contributed by atoms with Crippen molar-refractivity contribution in [2.45, 2.75) is 39.5 Å². The molecule has 0 saturated carbocycles. The predicted octanol–water partition coefficient (Wildman–Crippen LogP) is 3.30. The summed E-state index contributed by atoms with van der Waals surface area (Å²) in [5.74, 6) is 1.88. The number of aromatic nitrogens is 1. The maximum absolute atomic E-state index is 10.6. The molecule has 0 aliphatic carbocycles. The van der Waals surface area contributed by atoms with Crippen molar-refractivity contribution in [3.05, 3.63) is 53.7 Å². The van der Waals surface area contributed by atoms with Crippen LogP contribution in [0.3, 0.4) is 0 Å². The van der Waals surface area contributed by atoms with Gasteiger partial charge in [-0.15, -0.1) is 24.0 Å². The Morgan fingerprint density at radius 2 is 1.97 bits per heavy atom. The van der Waals surface area contributed by atoms with Crippen molar-refractivity contribution < 1.29 is 19.3 Å². The van der Waals surface area contributed by atoms with Crippen molar-refractivity contribution in [1.82, 2.24) is 15.6 Å². The minimum atomic E-state index is -0.703. The molecule has 0 aliphatic rings. The van der Waals surface area contributed by atoms with E-state index < -0.39 is 6.10 Å². The first-order valence-corrected chi connectivity index (χ1v) is 10.6. The van der Waals surface area contributed by atoms with Gasteiger partial charge in [-0.3, -0.25) is 0 Å². The maximum atomic E-state index is 10.6. The molecule has 8 nitrogen and oxygen atoms in total. The van der Waals surface area contributed by atoms with Crippen molar-refractivity contribution >= 4 is 29.9 Å². The monoisotopic (exact) mass is 558 g/mol. The molecule has 1 aromatic heterocycles. The van der Waals surface area contributed by atoms with Gasteiger partial charge >= 0.3 is 0 Å². The molecule has 9 heteroatoms. The van der Waals surface area contributed by atoms with E-state index in [0.717, 1.165) is 16.9 Å². The van der Waals surface area contributed by atoms with E-state index in [1.807, 2.05) is 57.2 Å². The van der Waals surface area contributed by atoms with Gasteiger partial charge in [-0.05, 0) is 44.5 Å². The van der Waals surface area contributed by atoms with Crippen molar-refractivity contribution in [1.29, 1.82) is 0 Å². The average Bonchev–Trinajstić information content (AvgIpc) is 2.76. The number of halogens is 1. The molecule has 1 aromatic carbocycles. The number of hydrogen-bond donors (Lipinski definition) is 3. The lowest BCUT2D eigenvalue weighted by Gasteiger charge is -2.17. The molecule has 178 valence electrons. The fraction of sp³-hybridized carbons (Fsp3) is 0.478. The van der Waals surface area contributed by atoms with Gasteiger partial charge in [0.15, 0.2) is 5.96 Å². The fourth-order valence-corrected chi connectivity index (χ4v) is 2.78. The zero-order valence-electron chi connectivity index (χ0n) is 19.2. The van der Waals surface area contributed by atoms with Crippen molar-refractivity contribution in [3.63, 3.8) is 0 Å². The number of hydrogen-bond acceptors (Lipinski definition) is 6. The lowest BCUT2D eigenvalue weighted by Crippen LogP contribution is -2.39. The molecule has 0 fully saturated rings. The van der Waals surface area contributed by atoms with E-state index in [9.17, 15) is 5.11 Å². The third kappa shape index (κ3) is 10.0. The summed E-state index contributed by atoms with van der Waals surface area (Å²) in [4.78, 5) is 8.88. The van der Waals surface area contributed by atoms with Crippen LogP contribution in [0, 0.1) is 0 Å². The summed E-state index contributed by atoms with van der Waals surface area (Å²) < 4.78 is 16.4. The average molecular weight is 558 g/mol. The molecule has 0 spiro atoms. The van der Waals surface area contributed by atoms with E-state index in [1.54, 1.807) is 13.3 Å². The van der Waals surface area contributed by atoms with Crippen molar-refractivity contribution in [2.24, 2.45) is 4.99 Å². The van der Waals surface area contributed by atoms with Gasteiger partial charge in [0.05, 0.1) is 25.4 Å². The van der Waals surface area contributed by atoms with Crippen LogP contribution in [0.2, 0.25) is 0 Å². The van der Waals surface area contributed by atoms with Gasteiger partial charge in [0.1, 0.15) is 12.4 Å². The standard InChI is InChI=1S/C23H34N4O4.HI/c1-5-24-23(26-15-19-9-7-11-25-22(19)30-13-12-29-4)27-16-21(28)18-8-6-10-20(14-18)31-17(2)3;/h6-11,14,17,21,28H,5,12-13,15-16H2,1-4H3,(H2,24,26,27);1H. The highest BCUT2D eigenvalue weighted by Gasteiger charge is 2.11. The minimum Gasteiger partial charge on any atom is -0.491 e. The first-order chi connectivity index (χ1) is 15.0. The third-order valence-electron chi connectivity index (χ3n) is 4.21. The molecule has 0 saturated heterocycles. The van der Waals surface area contributed by atoms with Gasteiger partial charge in [-0.25, -0.2) is 9.98 Å².